The van der Waals surface area contributed by atoms with E-state index < -0.39 is 20.0 Å². The van der Waals surface area contributed by atoms with Gasteiger partial charge in [-0.1, -0.05) is 46.4 Å². The van der Waals surface area contributed by atoms with Gasteiger partial charge in [0.25, 0.3) is 0 Å². The Morgan fingerprint density at radius 1 is 0.511 bits per heavy atom. The Labute approximate surface area is 576 Å². The van der Waals surface area contributed by atoms with Crippen molar-refractivity contribution in [1.82, 2.24) is 50.3 Å². The summed E-state index contributed by atoms with van der Waals surface area (Å²) >= 11 is 26.5. The Morgan fingerprint density at radius 2 is 0.862 bits per heavy atom. The zero-order valence-electron chi connectivity index (χ0n) is 54.9. The van der Waals surface area contributed by atoms with Crippen LogP contribution in [0.5, 0.6) is 11.5 Å². The van der Waals surface area contributed by atoms with E-state index in [1.54, 1.807) is 36.4 Å². The van der Waals surface area contributed by atoms with E-state index in [-0.39, 0.29) is 125 Å². The van der Waals surface area contributed by atoms with E-state index in [4.69, 9.17) is 74.8 Å². The van der Waals surface area contributed by atoms with Crippen LogP contribution in [0.3, 0.4) is 0 Å². The van der Waals surface area contributed by atoms with Crippen LogP contribution in [-0.2, 0) is 51.8 Å². The molecule has 0 spiro atoms. The lowest BCUT2D eigenvalue weighted by Gasteiger charge is -2.43. The van der Waals surface area contributed by atoms with Crippen molar-refractivity contribution in [2.24, 2.45) is 0 Å². The molecule has 0 saturated carbocycles. The molecule has 22 nitrogen and oxygen atoms in total. The molecule has 4 aromatic carbocycles. The summed E-state index contributed by atoms with van der Waals surface area (Å²) in [6.45, 7) is 15.9. The molecule has 0 bridgehead atoms. The van der Waals surface area contributed by atoms with Gasteiger partial charge in [-0.3, -0.25) is 19.6 Å². The molecular formula is C66H96Cl4N10O12S2. The average Bonchev–Trinajstić information content (AvgIpc) is 1.62. The molecule has 8 rings (SSSR count). The fourth-order valence-electron chi connectivity index (χ4n) is 12.5. The Kier molecular flexibility index (Phi) is 29.7. The smallest absolute Gasteiger partial charge is 0.314 e. The van der Waals surface area contributed by atoms with E-state index in [2.05, 4.69) is 92.1 Å². The van der Waals surface area contributed by atoms with Crippen LogP contribution in [-0.4, -0.2) is 217 Å². The summed E-state index contributed by atoms with van der Waals surface area (Å²) in [5, 5.41) is 13.3. The molecule has 2 heterocycles. The number of urea groups is 2. The SMILES string of the molecule is CC(C)N(C)[C@@H]1CCCN([C@H]2Cc3c(Cl)cc(Cl)cc3[C@@H]2Oc2ccc(S(=O)(=O)NCCOCCOCCNC(=O)NCCCCNC(=O)NCCOCCOCCNS(=O)(=O)c3ccc(O[C@H]4c5cc(Cl)cc(Cl)c5C[C@@H]4N4CCC[C@@H](N(C)C(C)C)C4)cc3)cc2)C1. The minimum Gasteiger partial charge on any atom is -0.484 e. The number of benzene rings is 4. The van der Waals surface area contributed by atoms with Crippen molar-refractivity contribution >= 4 is 78.5 Å². The number of unbranched alkanes of at least 4 members (excludes halogenated alkanes) is 1. The average molecular weight is 1430 g/mol. The quantitative estimate of drug-likeness (QED) is 0.0231. The Balaban J connectivity index is 0.595. The molecule has 28 heteroatoms. The normalized spacial score (nSPS) is 20.2. The lowest BCUT2D eigenvalue weighted by atomic mass is 9.99. The van der Waals surface area contributed by atoms with Crippen molar-refractivity contribution in [2.75, 3.05) is 132 Å². The number of amides is 4. The second-order valence-electron chi connectivity index (χ2n) is 24.9. The Bertz CT molecular complexity index is 3080. The molecule has 2 fully saturated rings. The van der Waals surface area contributed by atoms with Crippen molar-refractivity contribution in [1.29, 1.82) is 0 Å². The molecule has 4 aromatic rings. The van der Waals surface area contributed by atoms with Gasteiger partial charge in [-0.05, 0) is 190 Å². The number of likely N-dealkylation sites (tertiary alicyclic amines) is 2. The van der Waals surface area contributed by atoms with Crippen molar-refractivity contribution < 1.29 is 54.8 Å². The summed E-state index contributed by atoms with van der Waals surface area (Å²) in [5.41, 5.74) is 3.97. The van der Waals surface area contributed by atoms with E-state index in [1.807, 2.05) is 12.1 Å². The van der Waals surface area contributed by atoms with Crippen LogP contribution in [0, 0.1) is 0 Å². The maximum Gasteiger partial charge on any atom is 0.314 e. The molecule has 6 N–H and O–H groups in total. The number of carbonyl (C=O) groups is 2. The minimum atomic E-state index is -3.82. The third-order valence-electron chi connectivity index (χ3n) is 18.0. The molecule has 2 aliphatic heterocycles. The summed E-state index contributed by atoms with van der Waals surface area (Å²) in [6.07, 6.45) is 6.51. The second kappa shape index (κ2) is 37.0. The van der Waals surface area contributed by atoms with Crippen molar-refractivity contribution in [3.8, 4) is 11.5 Å². The topological polar surface area (TPSA) is 243 Å². The second-order valence-corrected chi connectivity index (χ2v) is 30.1. The molecule has 0 unspecified atom stereocenters. The number of ether oxygens (including phenoxy) is 6. The summed E-state index contributed by atoms with van der Waals surface area (Å²) in [6, 6.07) is 21.4. The van der Waals surface area contributed by atoms with Crippen molar-refractivity contribution in [2.45, 2.75) is 137 Å². The molecule has 4 aliphatic rings. The van der Waals surface area contributed by atoms with Crippen LogP contribution in [0.1, 0.15) is 101 Å². The van der Waals surface area contributed by atoms with Gasteiger partial charge in [-0.15, -0.1) is 0 Å². The number of nitrogens with zero attached hydrogens (tertiary/aromatic N) is 4. The number of sulfonamides is 2. The molecule has 522 valence electrons. The van der Waals surface area contributed by atoms with Crippen LogP contribution in [0.15, 0.2) is 82.6 Å². The highest BCUT2D eigenvalue weighted by Crippen LogP contribution is 2.45. The molecule has 94 heavy (non-hydrogen) atoms. The number of carbonyl (C=O) groups excluding carboxylic acids is 2. The lowest BCUT2D eigenvalue weighted by molar-refractivity contribution is 0.0265. The number of fused-ring (bicyclic) bond motifs is 2. The predicted octanol–water partition coefficient (Wildman–Crippen LogP) is 8.70. The number of piperidine rings is 2. The van der Waals surface area contributed by atoms with E-state index in [1.165, 1.54) is 24.3 Å². The summed E-state index contributed by atoms with van der Waals surface area (Å²) in [5.74, 6) is 1.09. The van der Waals surface area contributed by atoms with E-state index in [0.29, 0.717) is 81.7 Å². The lowest BCUT2D eigenvalue weighted by Crippen LogP contribution is -2.53. The molecule has 2 saturated heterocycles. The third kappa shape index (κ3) is 22.1. The number of hydrogen-bond donors (Lipinski definition) is 6. The molecule has 0 aromatic heterocycles. The van der Waals surface area contributed by atoms with Gasteiger partial charge in [-0.2, -0.15) is 0 Å². The van der Waals surface area contributed by atoms with E-state index in [0.717, 1.165) is 87.0 Å². The largest absolute Gasteiger partial charge is 0.484 e. The van der Waals surface area contributed by atoms with Gasteiger partial charge in [0.1, 0.15) is 23.7 Å². The number of hydrogen-bond acceptors (Lipinski definition) is 16. The zero-order valence-corrected chi connectivity index (χ0v) is 59.6. The van der Waals surface area contributed by atoms with Gasteiger partial charge < -0.3 is 49.7 Å². The van der Waals surface area contributed by atoms with Crippen molar-refractivity contribution in [3.63, 3.8) is 0 Å². The molecular weight excluding hydrogens is 1330 g/mol. The van der Waals surface area contributed by atoms with Crippen molar-refractivity contribution in [3.05, 3.63) is 115 Å². The summed E-state index contributed by atoms with van der Waals surface area (Å²) < 4.78 is 93.4. The van der Waals surface area contributed by atoms with Crippen LogP contribution in [0.25, 0.3) is 0 Å². The monoisotopic (exact) mass is 1420 g/mol. The van der Waals surface area contributed by atoms with Gasteiger partial charge in [-0.25, -0.2) is 35.9 Å². The number of likely N-dealkylation sites (N-methyl/N-ethyl adjacent to an activating group) is 2. The van der Waals surface area contributed by atoms with Crippen LogP contribution < -0.4 is 40.2 Å². The van der Waals surface area contributed by atoms with Gasteiger partial charge in [0.05, 0.1) is 74.7 Å². The number of nitrogens with one attached hydrogen (secondary N) is 6. The molecule has 0 radical (unpaired) electrons. The first kappa shape index (κ1) is 75.5. The van der Waals surface area contributed by atoms with E-state index >= 15 is 0 Å². The first-order valence-corrected chi connectivity index (χ1v) is 37.3. The summed E-state index contributed by atoms with van der Waals surface area (Å²) in [7, 11) is -3.27. The maximum atomic E-state index is 13.2. The highest BCUT2D eigenvalue weighted by atomic mass is 35.5. The Hall–Kier alpha value is -4.32. The minimum absolute atomic E-state index is 0.0388. The van der Waals surface area contributed by atoms with Crippen LogP contribution in [0.4, 0.5) is 9.59 Å². The highest BCUT2D eigenvalue weighted by molar-refractivity contribution is 7.89. The third-order valence-corrected chi connectivity index (χ3v) is 22.0. The van der Waals surface area contributed by atoms with Crippen LogP contribution in [0.2, 0.25) is 20.1 Å². The standard InChI is InChI=1S/C66H96Cl4N10O12S2/c1-45(2)77(5)49-11-9-27-79(43-49)61-41-55-57(37-47(67)39-59(55)69)63(61)91-51-13-17-53(18-14-51)93(83,84)75-25-31-89-35-33-87-29-23-73-65(81)71-21-7-8-22-72-66(82)74-24-30-88-34-36-90-32-26-76-94(85,86)54-19-15-52(16-20-54)92-64-58-38-48(68)40-60(70)56(58)42-62(64)80-28-10-12-50(44-80)78(6)46(3)4/h13-20,37-40,45-46,49-50,61-64,75-76H,7-12,21-36,41-44H2,1-6H3,(H2,71,73,81)(H2,72,74,82)/t49-,50-,61+,62+,63+,64+/m1/s1. The van der Waals surface area contributed by atoms with Crippen LogP contribution >= 0.6 is 46.4 Å². The fourth-order valence-corrected chi connectivity index (χ4v) is 15.7. The predicted molar refractivity (Wildman–Crippen MR) is 368 cm³/mol. The highest BCUT2D eigenvalue weighted by Gasteiger charge is 2.43. The first-order chi connectivity index (χ1) is 45.1. The van der Waals surface area contributed by atoms with Gasteiger partial charge in [0.2, 0.25) is 20.0 Å². The first-order valence-electron chi connectivity index (χ1n) is 32.8. The molecule has 4 amide bonds. The molecule has 6 atom stereocenters. The van der Waals surface area contributed by atoms with Gasteiger partial charge >= 0.3 is 12.1 Å². The Morgan fingerprint density at radius 3 is 1.22 bits per heavy atom. The number of halogens is 4. The van der Waals surface area contributed by atoms with Gasteiger partial charge in [0.15, 0.2) is 0 Å². The zero-order chi connectivity index (χ0) is 67.4. The van der Waals surface area contributed by atoms with Gasteiger partial charge in [0, 0.05) is 108 Å². The maximum absolute atomic E-state index is 13.2. The van der Waals surface area contributed by atoms with E-state index in [9.17, 15) is 26.4 Å². The molecule has 2 aliphatic carbocycles. The number of rotatable bonds is 37. The summed E-state index contributed by atoms with van der Waals surface area (Å²) in [4.78, 5) is 34.5. The fraction of sp³-hybridized carbons (Fsp3) is 0.606.